The van der Waals surface area contributed by atoms with Gasteiger partial charge in [-0.15, -0.1) is 0 Å². The molecule has 98 valence electrons. The minimum Gasteiger partial charge on any atom is -0.393 e. The number of imide groups is 1. The second-order valence-electron chi connectivity index (χ2n) is 5.96. The molecular formula is C15H15NO3. The third-order valence-corrected chi connectivity index (χ3v) is 4.97. The fourth-order valence-electron chi connectivity index (χ4n) is 4.23. The predicted molar refractivity (Wildman–Crippen MR) is 67.8 cm³/mol. The number of rotatable bonds is 1. The van der Waals surface area contributed by atoms with Crippen LogP contribution in [-0.2, 0) is 0 Å². The maximum atomic E-state index is 11.9. The van der Waals surface area contributed by atoms with Crippen LogP contribution < -0.4 is 5.32 Å². The van der Waals surface area contributed by atoms with Crippen molar-refractivity contribution in [1.82, 2.24) is 5.32 Å². The van der Waals surface area contributed by atoms with Crippen LogP contribution in [0.1, 0.15) is 51.5 Å². The van der Waals surface area contributed by atoms with E-state index in [1.54, 1.807) is 6.07 Å². The van der Waals surface area contributed by atoms with Crippen molar-refractivity contribution in [3.63, 3.8) is 0 Å². The van der Waals surface area contributed by atoms with Crippen molar-refractivity contribution in [2.75, 3.05) is 0 Å². The van der Waals surface area contributed by atoms with Crippen molar-refractivity contribution in [2.45, 2.75) is 31.3 Å². The third kappa shape index (κ3) is 1.43. The predicted octanol–water partition coefficient (Wildman–Crippen LogP) is 1.44. The zero-order valence-electron chi connectivity index (χ0n) is 10.4. The van der Waals surface area contributed by atoms with Crippen molar-refractivity contribution in [3.8, 4) is 0 Å². The van der Waals surface area contributed by atoms with E-state index in [1.165, 1.54) is 0 Å². The average molecular weight is 257 g/mol. The number of fused-ring (bicyclic) bond motifs is 3. The summed E-state index contributed by atoms with van der Waals surface area (Å²) in [4.78, 5) is 23.6. The van der Waals surface area contributed by atoms with E-state index in [0.717, 1.165) is 24.8 Å². The summed E-state index contributed by atoms with van der Waals surface area (Å²) in [5.74, 6) is 0.458. The SMILES string of the molecule is O=C1NC(=O)c2c1cccc2C1CC2CC(O)C1C2. The summed E-state index contributed by atoms with van der Waals surface area (Å²) in [6, 6.07) is 5.47. The molecule has 19 heavy (non-hydrogen) atoms. The van der Waals surface area contributed by atoms with Crippen molar-refractivity contribution in [1.29, 1.82) is 0 Å². The molecule has 4 heteroatoms. The number of carbonyl (C=O) groups excluding carboxylic acids is 2. The Bertz CT molecular complexity index is 595. The maximum absolute atomic E-state index is 11.9. The van der Waals surface area contributed by atoms with Crippen LogP contribution in [-0.4, -0.2) is 23.0 Å². The lowest BCUT2D eigenvalue weighted by atomic mass is 9.79. The fraction of sp³-hybridized carbons (Fsp3) is 0.467. The van der Waals surface area contributed by atoms with E-state index in [0.29, 0.717) is 17.0 Å². The number of aliphatic hydroxyl groups is 1. The van der Waals surface area contributed by atoms with Gasteiger partial charge in [0.2, 0.25) is 0 Å². The Balaban J connectivity index is 1.82. The van der Waals surface area contributed by atoms with E-state index in [1.807, 2.05) is 12.1 Å². The molecule has 0 radical (unpaired) electrons. The molecule has 0 saturated heterocycles. The highest BCUT2D eigenvalue weighted by Crippen LogP contribution is 2.53. The van der Waals surface area contributed by atoms with Gasteiger partial charge in [0.1, 0.15) is 0 Å². The normalized spacial score (nSPS) is 35.6. The highest BCUT2D eigenvalue weighted by atomic mass is 16.3. The first-order valence-electron chi connectivity index (χ1n) is 6.82. The summed E-state index contributed by atoms with van der Waals surface area (Å²) >= 11 is 0. The van der Waals surface area contributed by atoms with E-state index in [2.05, 4.69) is 5.32 Å². The molecule has 0 aromatic heterocycles. The van der Waals surface area contributed by atoms with E-state index in [9.17, 15) is 14.7 Å². The molecule has 2 saturated carbocycles. The largest absolute Gasteiger partial charge is 0.393 e. The molecule has 1 aliphatic heterocycles. The summed E-state index contributed by atoms with van der Waals surface area (Å²) in [6.45, 7) is 0. The number of hydrogen-bond donors (Lipinski definition) is 2. The Hall–Kier alpha value is -1.68. The Kier molecular flexibility index (Phi) is 2.16. The molecule has 4 rings (SSSR count). The summed E-state index contributed by atoms with van der Waals surface area (Å²) in [5, 5.41) is 12.4. The number of benzene rings is 1. The van der Waals surface area contributed by atoms with Gasteiger partial charge in [-0.3, -0.25) is 14.9 Å². The van der Waals surface area contributed by atoms with Gasteiger partial charge < -0.3 is 5.11 Å². The van der Waals surface area contributed by atoms with Gasteiger partial charge in [-0.2, -0.15) is 0 Å². The molecule has 4 nitrogen and oxygen atoms in total. The van der Waals surface area contributed by atoms with Gasteiger partial charge in [-0.25, -0.2) is 0 Å². The first-order valence-corrected chi connectivity index (χ1v) is 6.82. The van der Waals surface area contributed by atoms with Crippen molar-refractivity contribution in [3.05, 3.63) is 34.9 Å². The molecule has 2 bridgehead atoms. The van der Waals surface area contributed by atoms with E-state index in [4.69, 9.17) is 0 Å². The molecule has 2 fully saturated rings. The van der Waals surface area contributed by atoms with Crippen LogP contribution in [0.15, 0.2) is 18.2 Å². The molecular weight excluding hydrogens is 242 g/mol. The molecule has 0 spiro atoms. The van der Waals surface area contributed by atoms with Crippen LogP contribution in [0.4, 0.5) is 0 Å². The second kappa shape index (κ2) is 3.67. The van der Waals surface area contributed by atoms with Crippen LogP contribution >= 0.6 is 0 Å². The molecule has 1 heterocycles. The van der Waals surface area contributed by atoms with E-state index >= 15 is 0 Å². The fourth-order valence-corrected chi connectivity index (χ4v) is 4.23. The molecule has 2 amide bonds. The van der Waals surface area contributed by atoms with Crippen molar-refractivity contribution < 1.29 is 14.7 Å². The summed E-state index contributed by atoms with van der Waals surface area (Å²) < 4.78 is 0. The standard InChI is InChI=1S/C15H15NO3/c17-12-6-7-4-10(11(12)5-7)8-2-1-3-9-13(8)15(19)16-14(9)18/h1-3,7,10-12,17H,4-6H2,(H,16,18,19). The van der Waals surface area contributed by atoms with Crippen LogP contribution in [0.5, 0.6) is 0 Å². The Morgan fingerprint density at radius 1 is 1.11 bits per heavy atom. The number of carbonyl (C=O) groups is 2. The number of hydrogen-bond acceptors (Lipinski definition) is 3. The smallest absolute Gasteiger partial charge is 0.259 e. The second-order valence-corrected chi connectivity index (χ2v) is 5.96. The third-order valence-electron chi connectivity index (χ3n) is 4.97. The summed E-state index contributed by atoms with van der Waals surface area (Å²) in [6.07, 6.45) is 2.71. The van der Waals surface area contributed by atoms with E-state index < -0.39 is 0 Å². The van der Waals surface area contributed by atoms with Gasteiger partial charge in [0.25, 0.3) is 11.8 Å². The van der Waals surface area contributed by atoms with Crippen LogP contribution in [0.25, 0.3) is 0 Å². The molecule has 4 unspecified atom stereocenters. The lowest BCUT2D eigenvalue weighted by molar-refractivity contribution is 0.0874. The van der Waals surface area contributed by atoms with Crippen LogP contribution in [0.3, 0.4) is 0 Å². The van der Waals surface area contributed by atoms with Gasteiger partial charge in [0.15, 0.2) is 0 Å². The van der Waals surface area contributed by atoms with Gasteiger partial charge in [0, 0.05) is 0 Å². The summed E-state index contributed by atoms with van der Waals surface area (Å²) in [7, 11) is 0. The summed E-state index contributed by atoms with van der Waals surface area (Å²) in [5.41, 5.74) is 1.98. The Morgan fingerprint density at radius 3 is 2.68 bits per heavy atom. The molecule has 2 aliphatic carbocycles. The van der Waals surface area contributed by atoms with Crippen LogP contribution in [0, 0.1) is 11.8 Å². The van der Waals surface area contributed by atoms with Crippen LogP contribution in [0.2, 0.25) is 0 Å². The first-order chi connectivity index (χ1) is 9.15. The molecule has 1 aromatic rings. The topological polar surface area (TPSA) is 66.4 Å². The molecule has 2 N–H and O–H groups in total. The van der Waals surface area contributed by atoms with Crippen molar-refractivity contribution >= 4 is 11.8 Å². The molecule has 4 atom stereocenters. The zero-order valence-corrected chi connectivity index (χ0v) is 10.4. The van der Waals surface area contributed by atoms with Gasteiger partial charge >= 0.3 is 0 Å². The van der Waals surface area contributed by atoms with Crippen molar-refractivity contribution in [2.24, 2.45) is 11.8 Å². The molecule has 1 aromatic carbocycles. The number of nitrogens with one attached hydrogen (secondary N) is 1. The monoisotopic (exact) mass is 257 g/mol. The number of aliphatic hydroxyl groups excluding tert-OH is 1. The quantitative estimate of drug-likeness (QED) is 0.748. The van der Waals surface area contributed by atoms with E-state index in [-0.39, 0.29) is 29.8 Å². The minimum absolute atomic E-state index is 0.223. The highest BCUT2D eigenvalue weighted by molar-refractivity contribution is 6.22. The Labute approximate surface area is 110 Å². The van der Waals surface area contributed by atoms with Gasteiger partial charge in [0.05, 0.1) is 17.2 Å². The first kappa shape index (κ1) is 11.2. The molecule has 3 aliphatic rings. The lowest BCUT2D eigenvalue weighted by Gasteiger charge is -2.27. The van der Waals surface area contributed by atoms with Gasteiger partial charge in [-0.05, 0) is 48.6 Å². The average Bonchev–Trinajstić information content (AvgIpc) is 3.03. The number of amides is 2. The van der Waals surface area contributed by atoms with Gasteiger partial charge in [-0.1, -0.05) is 12.1 Å². The highest BCUT2D eigenvalue weighted by Gasteiger charge is 2.47. The minimum atomic E-state index is -0.300. The lowest BCUT2D eigenvalue weighted by Crippen LogP contribution is -2.25. The maximum Gasteiger partial charge on any atom is 0.259 e. The Morgan fingerprint density at radius 2 is 1.95 bits per heavy atom. The zero-order chi connectivity index (χ0) is 13.1.